The van der Waals surface area contributed by atoms with E-state index in [0.29, 0.717) is 25.0 Å². The van der Waals surface area contributed by atoms with Gasteiger partial charge >= 0.3 is 5.97 Å². The summed E-state index contributed by atoms with van der Waals surface area (Å²) in [6.45, 7) is 3.35. The average Bonchev–Trinajstić information content (AvgIpc) is 3.24. The number of aromatic nitrogens is 1. The second-order valence-corrected chi connectivity index (χ2v) is 8.71. The van der Waals surface area contributed by atoms with Crippen LogP contribution in [0.4, 0.5) is 0 Å². The molecule has 150 valence electrons. The van der Waals surface area contributed by atoms with Gasteiger partial charge in [-0.3, -0.25) is 9.78 Å². The van der Waals surface area contributed by atoms with E-state index in [1.54, 1.807) is 12.1 Å². The lowest BCUT2D eigenvalue weighted by molar-refractivity contribution is -0.204. The average molecular weight is 385 g/mol. The molecule has 4 fully saturated rings. The lowest BCUT2D eigenvalue weighted by Gasteiger charge is -2.49. The van der Waals surface area contributed by atoms with Gasteiger partial charge in [0.05, 0.1) is 31.0 Å². The number of hydrogen-bond acceptors (Lipinski definition) is 6. The molecule has 3 heterocycles. The minimum Gasteiger partial charge on any atom is -0.506 e. The monoisotopic (exact) mass is 385 g/mol. The number of allylic oxidation sites excluding steroid dienone is 1. The van der Waals surface area contributed by atoms with Crippen molar-refractivity contribution < 1.29 is 24.1 Å². The number of ether oxygens (including phenoxy) is 3. The predicted molar refractivity (Wildman–Crippen MR) is 101 cm³/mol. The van der Waals surface area contributed by atoms with Crippen LogP contribution in [0.25, 0.3) is 6.08 Å². The lowest BCUT2D eigenvalue weighted by Crippen LogP contribution is -2.49. The van der Waals surface area contributed by atoms with Crippen LogP contribution in [0.5, 0.6) is 5.75 Å². The number of carbonyl (C=O) groups is 1. The first-order valence-corrected chi connectivity index (χ1v) is 10.4. The molecule has 6 heteroatoms. The zero-order valence-corrected chi connectivity index (χ0v) is 16.1. The maximum absolute atomic E-state index is 12.5. The van der Waals surface area contributed by atoms with E-state index >= 15 is 0 Å². The van der Waals surface area contributed by atoms with Crippen molar-refractivity contribution in [2.75, 3.05) is 13.2 Å². The van der Waals surface area contributed by atoms with Crippen LogP contribution in [0.1, 0.15) is 38.3 Å². The summed E-state index contributed by atoms with van der Waals surface area (Å²) in [6, 6.07) is 3.45. The Morgan fingerprint density at radius 3 is 2.86 bits per heavy atom. The normalized spacial score (nSPS) is 39.1. The van der Waals surface area contributed by atoms with Gasteiger partial charge in [0, 0.05) is 18.8 Å². The molecule has 2 saturated carbocycles. The Hall–Kier alpha value is -1.92. The molecule has 1 aromatic rings. The second-order valence-electron chi connectivity index (χ2n) is 8.71. The summed E-state index contributed by atoms with van der Waals surface area (Å²) < 4.78 is 17.6. The highest BCUT2D eigenvalue weighted by molar-refractivity contribution is 5.75. The third-order valence-electron chi connectivity index (χ3n) is 7.22. The second kappa shape index (κ2) is 6.85. The molecule has 0 aromatic carbocycles. The zero-order valence-electron chi connectivity index (χ0n) is 16.1. The number of fused-ring (bicyclic) bond motifs is 2. The number of aromatic hydroxyl groups is 1. The molecular weight excluding hydrogens is 358 g/mol. The standard InChI is InChI=1S/C22H27NO5/c1-13-20-18(5-3-15-2-4-16(24)12-23-15)17-6-7-22(26-8-9-27-22)11-14(17)10-19(20)21(25)28-13/h2-5,12-14,17-20,24H,6-11H2,1H3/t13-,14-,17-,18+,19-,20+/m1/s1. The Bertz CT molecular complexity index is 770. The van der Waals surface area contributed by atoms with E-state index in [4.69, 9.17) is 14.2 Å². The number of esters is 1. The maximum Gasteiger partial charge on any atom is 0.309 e. The largest absolute Gasteiger partial charge is 0.506 e. The summed E-state index contributed by atoms with van der Waals surface area (Å²) in [4.78, 5) is 16.8. The van der Waals surface area contributed by atoms with Gasteiger partial charge in [-0.2, -0.15) is 0 Å². The highest BCUT2D eigenvalue weighted by Crippen LogP contribution is 2.56. The highest BCUT2D eigenvalue weighted by Gasteiger charge is 2.57. The molecule has 2 aliphatic carbocycles. The van der Waals surface area contributed by atoms with Gasteiger partial charge in [0.25, 0.3) is 0 Å². The molecule has 4 aliphatic rings. The molecule has 5 rings (SSSR count). The van der Waals surface area contributed by atoms with E-state index in [1.807, 2.05) is 13.0 Å². The van der Waals surface area contributed by atoms with Gasteiger partial charge in [0.15, 0.2) is 5.79 Å². The van der Waals surface area contributed by atoms with Crippen LogP contribution in [0.2, 0.25) is 0 Å². The Kier molecular flexibility index (Phi) is 4.43. The summed E-state index contributed by atoms with van der Waals surface area (Å²) in [5, 5.41) is 9.45. The first-order valence-electron chi connectivity index (χ1n) is 10.4. The number of nitrogens with zero attached hydrogens (tertiary/aromatic N) is 1. The minimum absolute atomic E-state index is 0.0461. The first kappa shape index (κ1) is 18.1. The van der Waals surface area contributed by atoms with Crippen LogP contribution in [0.15, 0.2) is 24.4 Å². The van der Waals surface area contributed by atoms with Gasteiger partial charge in [-0.25, -0.2) is 0 Å². The van der Waals surface area contributed by atoms with Crippen LogP contribution in [-0.2, 0) is 19.0 Å². The van der Waals surface area contributed by atoms with Crippen molar-refractivity contribution in [3.8, 4) is 5.75 Å². The Morgan fingerprint density at radius 1 is 1.29 bits per heavy atom. The fourth-order valence-electron chi connectivity index (χ4n) is 6.06. The predicted octanol–water partition coefficient (Wildman–Crippen LogP) is 3.16. The van der Waals surface area contributed by atoms with E-state index < -0.39 is 5.79 Å². The van der Waals surface area contributed by atoms with Crippen LogP contribution in [-0.4, -0.2) is 41.2 Å². The Labute approximate surface area is 164 Å². The molecule has 0 bridgehead atoms. The van der Waals surface area contributed by atoms with Crippen molar-refractivity contribution in [1.82, 2.24) is 4.98 Å². The van der Waals surface area contributed by atoms with Crippen LogP contribution < -0.4 is 0 Å². The van der Waals surface area contributed by atoms with Crippen molar-refractivity contribution >= 4 is 12.0 Å². The fourth-order valence-corrected chi connectivity index (χ4v) is 6.06. The minimum atomic E-state index is -0.436. The number of rotatable bonds is 2. The van der Waals surface area contributed by atoms with Gasteiger partial charge in [-0.1, -0.05) is 6.08 Å². The number of cyclic esters (lactones) is 1. The van der Waals surface area contributed by atoms with Gasteiger partial charge in [-0.05, 0) is 55.7 Å². The quantitative estimate of drug-likeness (QED) is 0.788. The smallest absolute Gasteiger partial charge is 0.309 e. The van der Waals surface area contributed by atoms with Crippen molar-refractivity contribution in [3.63, 3.8) is 0 Å². The molecule has 1 spiro atoms. The van der Waals surface area contributed by atoms with E-state index in [0.717, 1.165) is 31.4 Å². The van der Waals surface area contributed by atoms with Gasteiger partial charge in [-0.15, -0.1) is 0 Å². The molecule has 2 aliphatic heterocycles. The Balaban J connectivity index is 1.44. The van der Waals surface area contributed by atoms with E-state index in [-0.39, 0.29) is 35.6 Å². The molecule has 1 N–H and O–H groups in total. The number of carbonyl (C=O) groups excluding carboxylic acids is 1. The molecule has 0 amide bonds. The molecule has 0 radical (unpaired) electrons. The summed E-state index contributed by atoms with van der Waals surface area (Å²) in [5.74, 6) is 0.988. The third kappa shape index (κ3) is 3.03. The molecule has 6 nitrogen and oxygen atoms in total. The molecule has 1 aromatic heterocycles. The molecule has 28 heavy (non-hydrogen) atoms. The van der Waals surface area contributed by atoms with Gasteiger partial charge < -0.3 is 19.3 Å². The van der Waals surface area contributed by atoms with Crippen LogP contribution in [0, 0.1) is 29.6 Å². The third-order valence-corrected chi connectivity index (χ3v) is 7.22. The van der Waals surface area contributed by atoms with Crippen LogP contribution >= 0.6 is 0 Å². The Morgan fingerprint density at radius 2 is 2.11 bits per heavy atom. The van der Waals surface area contributed by atoms with Gasteiger partial charge in [0.2, 0.25) is 0 Å². The SMILES string of the molecule is C[C@H]1OC(=O)[C@@H]2C[C@@H]3CC4(CC[C@H]3[C@H](C=Cc3ccc(O)cn3)[C@H]12)OCCO4. The van der Waals surface area contributed by atoms with Gasteiger partial charge in [0.1, 0.15) is 11.9 Å². The summed E-state index contributed by atoms with van der Waals surface area (Å²) in [7, 11) is 0. The maximum atomic E-state index is 12.5. The molecule has 2 saturated heterocycles. The topological polar surface area (TPSA) is 77.9 Å². The molecule has 0 unspecified atom stereocenters. The lowest BCUT2D eigenvalue weighted by atomic mass is 9.56. The van der Waals surface area contributed by atoms with E-state index in [9.17, 15) is 9.90 Å². The molecular formula is C22H27NO5. The highest BCUT2D eigenvalue weighted by atomic mass is 16.7. The van der Waals surface area contributed by atoms with Crippen molar-refractivity contribution in [2.45, 2.75) is 44.5 Å². The van der Waals surface area contributed by atoms with Crippen LogP contribution in [0.3, 0.4) is 0 Å². The summed E-state index contributed by atoms with van der Waals surface area (Å²) in [5.41, 5.74) is 0.809. The van der Waals surface area contributed by atoms with E-state index in [2.05, 4.69) is 11.1 Å². The number of pyridine rings is 1. The first-order chi connectivity index (χ1) is 13.5. The van der Waals surface area contributed by atoms with Crippen molar-refractivity contribution in [2.24, 2.45) is 29.6 Å². The zero-order chi connectivity index (χ0) is 19.3. The van der Waals surface area contributed by atoms with Crippen molar-refractivity contribution in [3.05, 3.63) is 30.1 Å². The summed E-state index contributed by atoms with van der Waals surface area (Å²) >= 11 is 0. The summed E-state index contributed by atoms with van der Waals surface area (Å²) in [6.07, 6.45) is 9.32. The fraction of sp³-hybridized carbons (Fsp3) is 0.636. The van der Waals surface area contributed by atoms with Crippen molar-refractivity contribution in [1.29, 1.82) is 0 Å². The van der Waals surface area contributed by atoms with E-state index in [1.165, 1.54) is 6.20 Å². The number of hydrogen-bond donors (Lipinski definition) is 1. The molecule has 6 atom stereocenters.